The normalized spacial score (nSPS) is 18.6. The third-order valence-corrected chi connectivity index (χ3v) is 7.28. The molecular formula is C23H27N3O4S. The van der Waals surface area contributed by atoms with Crippen LogP contribution < -0.4 is 10.0 Å². The minimum atomic E-state index is -3.76. The van der Waals surface area contributed by atoms with Crippen molar-refractivity contribution in [2.45, 2.75) is 50.5 Å². The van der Waals surface area contributed by atoms with E-state index in [2.05, 4.69) is 10.0 Å². The molecule has 1 aliphatic heterocycles. The summed E-state index contributed by atoms with van der Waals surface area (Å²) in [6, 6.07) is 11.2. The quantitative estimate of drug-likeness (QED) is 0.718. The van der Waals surface area contributed by atoms with Gasteiger partial charge in [0, 0.05) is 18.2 Å². The van der Waals surface area contributed by atoms with Crippen LogP contribution in [0.2, 0.25) is 0 Å². The van der Waals surface area contributed by atoms with Crippen molar-refractivity contribution < 1.29 is 18.0 Å². The maximum atomic E-state index is 12.8. The molecule has 1 saturated heterocycles. The number of aryl methyl sites for hydroxylation is 2. The number of carbonyl (C=O) groups excluding carboxylic acids is 2. The average molecular weight is 442 g/mol. The Morgan fingerprint density at radius 1 is 0.968 bits per heavy atom. The van der Waals surface area contributed by atoms with Crippen LogP contribution in [0, 0.1) is 19.8 Å². The number of carbonyl (C=O) groups is 2. The van der Waals surface area contributed by atoms with E-state index in [1.54, 1.807) is 17.0 Å². The van der Waals surface area contributed by atoms with Gasteiger partial charge in [-0.15, -0.1) is 0 Å². The molecule has 164 valence electrons. The minimum absolute atomic E-state index is 0.0802. The predicted molar refractivity (Wildman–Crippen MR) is 119 cm³/mol. The van der Waals surface area contributed by atoms with Crippen molar-refractivity contribution >= 4 is 33.2 Å². The van der Waals surface area contributed by atoms with Gasteiger partial charge in [0.25, 0.3) is 10.0 Å². The number of sulfonamides is 1. The number of rotatable bonds is 6. The lowest BCUT2D eigenvalue weighted by atomic mass is 10.1. The van der Waals surface area contributed by atoms with Crippen molar-refractivity contribution in [3.05, 3.63) is 53.6 Å². The summed E-state index contributed by atoms with van der Waals surface area (Å²) in [6.07, 6.45) is 3.29. The van der Waals surface area contributed by atoms with Crippen LogP contribution in [0.5, 0.6) is 0 Å². The number of hydrogen-bond acceptors (Lipinski definition) is 4. The molecule has 0 spiro atoms. The Bertz CT molecular complexity index is 1090. The molecule has 1 aliphatic carbocycles. The zero-order valence-corrected chi connectivity index (χ0v) is 18.5. The van der Waals surface area contributed by atoms with Crippen LogP contribution in [0.15, 0.2) is 47.4 Å². The number of benzene rings is 2. The molecule has 1 heterocycles. The second-order valence-corrected chi connectivity index (χ2v) is 10.0. The third kappa shape index (κ3) is 4.58. The number of amides is 2. The van der Waals surface area contributed by atoms with Crippen molar-refractivity contribution in [2.24, 2.45) is 5.92 Å². The molecule has 1 unspecified atom stereocenters. The maximum absolute atomic E-state index is 12.8. The van der Waals surface area contributed by atoms with Gasteiger partial charge >= 0.3 is 0 Å². The molecule has 31 heavy (non-hydrogen) atoms. The predicted octanol–water partition coefficient (Wildman–Crippen LogP) is 3.44. The summed E-state index contributed by atoms with van der Waals surface area (Å²) in [6.45, 7) is 4.32. The lowest BCUT2D eigenvalue weighted by molar-refractivity contribution is -0.137. The van der Waals surface area contributed by atoms with E-state index < -0.39 is 16.1 Å². The van der Waals surface area contributed by atoms with E-state index in [4.69, 9.17) is 0 Å². The summed E-state index contributed by atoms with van der Waals surface area (Å²) >= 11 is 0. The van der Waals surface area contributed by atoms with Crippen LogP contribution in [-0.2, 0) is 19.6 Å². The van der Waals surface area contributed by atoms with Crippen molar-refractivity contribution in [1.82, 2.24) is 4.90 Å². The lowest BCUT2D eigenvalue weighted by Gasteiger charge is -2.24. The van der Waals surface area contributed by atoms with Crippen LogP contribution in [0.4, 0.5) is 11.4 Å². The SMILES string of the molecule is Cc1cccc(C)c1NS(=O)(=O)c1ccc(NC(=O)C2CCCN2C(=O)C2CC2)cc1. The summed E-state index contributed by atoms with van der Waals surface area (Å²) < 4.78 is 28.2. The molecule has 2 N–H and O–H groups in total. The van der Waals surface area contributed by atoms with Gasteiger partial charge in [-0.05, 0) is 74.9 Å². The molecule has 1 saturated carbocycles. The topological polar surface area (TPSA) is 95.6 Å². The first-order chi connectivity index (χ1) is 14.8. The first kappa shape index (κ1) is 21.4. The number of hydrogen-bond donors (Lipinski definition) is 2. The molecule has 2 aromatic rings. The molecule has 2 fully saturated rings. The Labute approximate surface area is 182 Å². The highest BCUT2D eigenvalue weighted by Crippen LogP contribution is 2.34. The standard InChI is InChI=1S/C23H27N3O4S/c1-15-5-3-6-16(2)21(15)25-31(29,30)19-12-10-18(11-13-19)24-22(27)20-7-4-14-26(20)23(28)17-8-9-17/h3,5-6,10-13,17,20,25H,4,7-9,14H2,1-2H3,(H,24,27). The molecule has 0 radical (unpaired) electrons. The molecule has 0 bridgehead atoms. The van der Waals surface area contributed by atoms with Gasteiger partial charge < -0.3 is 10.2 Å². The zero-order chi connectivity index (χ0) is 22.2. The van der Waals surface area contributed by atoms with E-state index in [9.17, 15) is 18.0 Å². The van der Waals surface area contributed by atoms with E-state index in [1.165, 1.54) is 12.1 Å². The number of nitrogens with one attached hydrogen (secondary N) is 2. The molecule has 0 aromatic heterocycles. The molecule has 1 atom stereocenters. The molecule has 2 amide bonds. The van der Waals surface area contributed by atoms with E-state index in [-0.39, 0.29) is 22.6 Å². The van der Waals surface area contributed by atoms with Gasteiger partial charge in [-0.3, -0.25) is 14.3 Å². The van der Waals surface area contributed by atoms with E-state index in [0.717, 1.165) is 30.4 Å². The molecule has 2 aromatic carbocycles. The monoisotopic (exact) mass is 441 g/mol. The fourth-order valence-electron chi connectivity index (χ4n) is 3.98. The van der Waals surface area contributed by atoms with E-state index >= 15 is 0 Å². The third-order valence-electron chi connectivity index (χ3n) is 5.91. The molecule has 2 aliphatic rings. The van der Waals surface area contributed by atoms with Gasteiger partial charge in [0.1, 0.15) is 6.04 Å². The summed E-state index contributed by atoms with van der Waals surface area (Å²) in [7, 11) is -3.76. The van der Waals surface area contributed by atoms with E-state index in [1.807, 2.05) is 32.0 Å². The summed E-state index contributed by atoms with van der Waals surface area (Å²) in [5, 5.41) is 2.83. The van der Waals surface area contributed by atoms with Crippen LogP contribution in [0.25, 0.3) is 0 Å². The van der Waals surface area contributed by atoms with Crippen LogP contribution in [-0.4, -0.2) is 37.7 Å². The first-order valence-electron chi connectivity index (χ1n) is 10.6. The fraction of sp³-hybridized carbons (Fsp3) is 0.391. The Morgan fingerprint density at radius 2 is 1.61 bits per heavy atom. The lowest BCUT2D eigenvalue weighted by Crippen LogP contribution is -2.43. The number of para-hydroxylation sites is 1. The zero-order valence-electron chi connectivity index (χ0n) is 17.7. The minimum Gasteiger partial charge on any atom is -0.330 e. The Balaban J connectivity index is 1.44. The maximum Gasteiger partial charge on any atom is 0.261 e. The van der Waals surface area contributed by atoms with Crippen LogP contribution >= 0.6 is 0 Å². The van der Waals surface area contributed by atoms with Crippen LogP contribution in [0.3, 0.4) is 0 Å². The smallest absolute Gasteiger partial charge is 0.261 e. The largest absolute Gasteiger partial charge is 0.330 e. The van der Waals surface area contributed by atoms with Gasteiger partial charge in [-0.1, -0.05) is 18.2 Å². The van der Waals surface area contributed by atoms with Crippen molar-refractivity contribution in [1.29, 1.82) is 0 Å². The van der Waals surface area contributed by atoms with Crippen molar-refractivity contribution in [3.63, 3.8) is 0 Å². The van der Waals surface area contributed by atoms with Gasteiger partial charge in [-0.25, -0.2) is 8.42 Å². The fourth-order valence-corrected chi connectivity index (χ4v) is 5.18. The van der Waals surface area contributed by atoms with Gasteiger partial charge in [0.15, 0.2) is 0 Å². The molecule has 4 rings (SSSR count). The van der Waals surface area contributed by atoms with Gasteiger partial charge in [0.2, 0.25) is 11.8 Å². The second kappa shape index (κ2) is 8.34. The number of likely N-dealkylation sites (tertiary alicyclic amines) is 1. The van der Waals surface area contributed by atoms with Crippen LogP contribution in [0.1, 0.15) is 36.8 Å². The molecule has 8 heteroatoms. The highest BCUT2D eigenvalue weighted by Gasteiger charge is 2.40. The average Bonchev–Trinajstić information content (AvgIpc) is 3.47. The van der Waals surface area contributed by atoms with Gasteiger partial charge in [-0.2, -0.15) is 0 Å². The Hall–Kier alpha value is -2.87. The Morgan fingerprint density at radius 3 is 2.23 bits per heavy atom. The van der Waals surface area contributed by atoms with E-state index in [0.29, 0.717) is 24.3 Å². The summed E-state index contributed by atoms with van der Waals surface area (Å²) in [4.78, 5) is 26.9. The van der Waals surface area contributed by atoms with Gasteiger partial charge in [0.05, 0.1) is 10.6 Å². The Kier molecular flexibility index (Phi) is 5.75. The highest BCUT2D eigenvalue weighted by molar-refractivity contribution is 7.92. The summed E-state index contributed by atoms with van der Waals surface area (Å²) in [5.41, 5.74) is 2.76. The molecule has 7 nitrogen and oxygen atoms in total. The summed E-state index contributed by atoms with van der Waals surface area (Å²) in [5.74, 6) is -0.0605. The second-order valence-electron chi connectivity index (χ2n) is 8.35. The molecular weight excluding hydrogens is 414 g/mol. The highest BCUT2D eigenvalue weighted by atomic mass is 32.2. The van der Waals surface area contributed by atoms with Crippen molar-refractivity contribution in [3.8, 4) is 0 Å². The van der Waals surface area contributed by atoms with Crippen molar-refractivity contribution in [2.75, 3.05) is 16.6 Å². The number of anilines is 2. The first-order valence-corrected chi connectivity index (χ1v) is 12.0. The number of nitrogens with zero attached hydrogens (tertiary/aromatic N) is 1.